The lowest BCUT2D eigenvalue weighted by Gasteiger charge is -1.98. The standard InChI is InChI=1S/C13H10BrN3O3/c1-6-15-8-3-2-7(4-10(8)20-6)13-12(14)9(16-17-13)5-11(18)19/h2-4H,5H2,1H3,(H,16,17)(H,18,19). The van der Waals surface area contributed by atoms with Crippen LogP contribution in [-0.4, -0.2) is 26.3 Å². The topological polar surface area (TPSA) is 92.0 Å². The zero-order valence-electron chi connectivity index (χ0n) is 10.5. The van der Waals surface area contributed by atoms with Gasteiger partial charge in [-0.2, -0.15) is 5.10 Å². The van der Waals surface area contributed by atoms with Crippen molar-refractivity contribution in [3.05, 3.63) is 34.3 Å². The van der Waals surface area contributed by atoms with Gasteiger partial charge in [-0.15, -0.1) is 0 Å². The van der Waals surface area contributed by atoms with Gasteiger partial charge in [-0.3, -0.25) is 9.89 Å². The van der Waals surface area contributed by atoms with Crippen LogP contribution in [0.5, 0.6) is 0 Å². The fourth-order valence-corrected chi connectivity index (χ4v) is 2.56. The first-order valence-electron chi connectivity index (χ1n) is 5.86. The molecule has 0 atom stereocenters. The lowest BCUT2D eigenvalue weighted by atomic mass is 10.1. The number of nitrogens with zero attached hydrogens (tertiary/aromatic N) is 2. The van der Waals surface area contributed by atoms with E-state index < -0.39 is 5.97 Å². The predicted molar refractivity (Wildman–Crippen MR) is 75.4 cm³/mol. The molecular weight excluding hydrogens is 326 g/mol. The lowest BCUT2D eigenvalue weighted by molar-refractivity contribution is -0.136. The van der Waals surface area contributed by atoms with Crippen LogP contribution in [0, 0.1) is 6.92 Å². The van der Waals surface area contributed by atoms with Gasteiger partial charge in [0.25, 0.3) is 0 Å². The average molecular weight is 336 g/mol. The molecule has 2 heterocycles. The Kier molecular flexibility index (Phi) is 3.06. The molecule has 0 unspecified atom stereocenters. The van der Waals surface area contributed by atoms with Gasteiger partial charge in [-0.1, -0.05) is 6.07 Å². The Bertz CT molecular complexity index is 806. The Hall–Kier alpha value is -2.15. The van der Waals surface area contributed by atoms with E-state index in [9.17, 15) is 4.79 Å². The molecule has 0 saturated carbocycles. The summed E-state index contributed by atoms with van der Waals surface area (Å²) in [4.78, 5) is 15.0. The highest BCUT2D eigenvalue weighted by atomic mass is 79.9. The molecule has 7 heteroatoms. The molecule has 20 heavy (non-hydrogen) atoms. The Morgan fingerprint density at radius 3 is 3.05 bits per heavy atom. The monoisotopic (exact) mass is 335 g/mol. The van der Waals surface area contributed by atoms with Crippen LogP contribution >= 0.6 is 15.9 Å². The number of carbonyl (C=O) groups is 1. The third-order valence-corrected chi connectivity index (χ3v) is 3.73. The van der Waals surface area contributed by atoms with Crippen molar-refractivity contribution in [1.29, 1.82) is 0 Å². The van der Waals surface area contributed by atoms with Gasteiger partial charge in [0.1, 0.15) is 11.2 Å². The van der Waals surface area contributed by atoms with Gasteiger partial charge in [0, 0.05) is 12.5 Å². The summed E-state index contributed by atoms with van der Waals surface area (Å²) in [5.41, 5.74) is 3.46. The third-order valence-electron chi connectivity index (χ3n) is 2.87. The van der Waals surface area contributed by atoms with E-state index in [4.69, 9.17) is 9.52 Å². The molecule has 0 spiro atoms. The second kappa shape index (κ2) is 4.75. The number of aromatic amines is 1. The van der Waals surface area contributed by atoms with Crippen LogP contribution in [0.4, 0.5) is 0 Å². The van der Waals surface area contributed by atoms with Crippen LogP contribution < -0.4 is 0 Å². The van der Waals surface area contributed by atoms with Crippen LogP contribution in [0.25, 0.3) is 22.4 Å². The second-order valence-corrected chi connectivity index (χ2v) is 5.14. The maximum Gasteiger partial charge on any atom is 0.309 e. The highest BCUT2D eigenvalue weighted by molar-refractivity contribution is 9.10. The smallest absolute Gasteiger partial charge is 0.309 e. The molecule has 3 rings (SSSR count). The van der Waals surface area contributed by atoms with Gasteiger partial charge in [-0.25, -0.2) is 4.98 Å². The van der Waals surface area contributed by atoms with E-state index in [1.165, 1.54) is 0 Å². The van der Waals surface area contributed by atoms with Crippen LogP contribution in [0.3, 0.4) is 0 Å². The maximum atomic E-state index is 10.8. The van der Waals surface area contributed by atoms with E-state index in [1.807, 2.05) is 18.2 Å². The summed E-state index contributed by atoms with van der Waals surface area (Å²) < 4.78 is 6.13. The Labute approximate surface area is 121 Å². The minimum atomic E-state index is -0.915. The van der Waals surface area contributed by atoms with E-state index in [1.54, 1.807) is 6.92 Å². The number of rotatable bonds is 3. The number of hydrogen-bond donors (Lipinski definition) is 2. The average Bonchev–Trinajstić information content (AvgIpc) is 2.91. The molecule has 0 saturated heterocycles. The van der Waals surface area contributed by atoms with Crippen molar-refractivity contribution in [1.82, 2.24) is 15.2 Å². The van der Waals surface area contributed by atoms with E-state index >= 15 is 0 Å². The van der Waals surface area contributed by atoms with Crippen LogP contribution in [0.1, 0.15) is 11.6 Å². The van der Waals surface area contributed by atoms with Crippen LogP contribution in [0.2, 0.25) is 0 Å². The number of halogens is 1. The van der Waals surface area contributed by atoms with Crippen molar-refractivity contribution >= 4 is 33.0 Å². The van der Waals surface area contributed by atoms with Crippen molar-refractivity contribution in [3.8, 4) is 11.3 Å². The molecule has 0 radical (unpaired) electrons. The molecule has 0 fully saturated rings. The van der Waals surface area contributed by atoms with Crippen molar-refractivity contribution in [2.75, 3.05) is 0 Å². The predicted octanol–water partition coefficient (Wildman–Crippen LogP) is 2.92. The maximum absolute atomic E-state index is 10.8. The lowest BCUT2D eigenvalue weighted by Crippen LogP contribution is -2.00. The molecule has 0 aliphatic heterocycles. The quantitative estimate of drug-likeness (QED) is 0.767. The van der Waals surface area contributed by atoms with E-state index in [2.05, 4.69) is 31.1 Å². The number of carboxylic acids is 1. The fraction of sp³-hybridized carbons (Fsp3) is 0.154. The molecule has 0 amide bonds. The normalized spacial score (nSPS) is 11.1. The summed E-state index contributed by atoms with van der Waals surface area (Å²) >= 11 is 3.38. The van der Waals surface area contributed by atoms with Crippen LogP contribution in [-0.2, 0) is 11.2 Å². The van der Waals surface area contributed by atoms with E-state index in [0.717, 1.165) is 11.1 Å². The van der Waals surface area contributed by atoms with Crippen molar-refractivity contribution in [3.63, 3.8) is 0 Å². The van der Waals surface area contributed by atoms with E-state index in [0.29, 0.717) is 27.3 Å². The zero-order valence-corrected chi connectivity index (χ0v) is 12.1. The number of benzene rings is 1. The van der Waals surface area contributed by atoms with Crippen molar-refractivity contribution in [2.24, 2.45) is 0 Å². The van der Waals surface area contributed by atoms with Crippen molar-refractivity contribution in [2.45, 2.75) is 13.3 Å². The van der Waals surface area contributed by atoms with Gasteiger partial charge < -0.3 is 9.52 Å². The Balaban J connectivity index is 2.06. The van der Waals surface area contributed by atoms with E-state index in [-0.39, 0.29) is 6.42 Å². The summed E-state index contributed by atoms with van der Waals surface area (Å²) in [6, 6.07) is 5.55. The fourth-order valence-electron chi connectivity index (χ4n) is 2.01. The number of carboxylic acid groups (broad SMARTS) is 1. The van der Waals surface area contributed by atoms with Gasteiger partial charge in [-0.05, 0) is 28.1 Å². The van der Waals surface area contributed by atoms with Crippen LogP contribution in [0.15, 0.2) is 27.1 Å². The summed E-state index contributed by atoms with van der Waals surface area (Å²) in [6.45, 7) is 1.79. The number of hydrogen-bond acceptors (Lipinski definition) is 4. The molecule has 3 aromatic rings. The zero-order chi connectivity index (χ0) is 14.3. The van der Waals surface area contributed by atoms with Gasteiger partial charge in [0.05, 0.1) is 16.6 Å². The minimum Gasteiger partial charge on any atom is -0.481 e. The number of nitrogens with one attached hydrogen (secondary N) is 1. The number of aryl methyl sites for hydroxylation is 1. The number of aliphatic carboxylic acids is 1. The largest absolute Gasteiger partial charge is 0.481 e. The highest BCUT2D eigenvalue weighted by Gasteiger charge is 2.15. The summed E-state index contributed by atoms with van der Waals surface area (Å²) in [5.74, 6) is -0.313. The molecule has 1 aromatic carbocycles. The first kappa shape index (κ1) is 12.9. The molecule has 6 nitrogen and oxygen atoms in total. The molecule has 2 N–H and O–H groups in total. The molecule has 0 bridgehead atoms. The third kappa shape index (κ3) is 2.20. The highest BCUT2D eigenvalue weighted by Crippen LogP contribution is 2.31. The minimum absolute atomic E-state index is 0.114. The summed E-state index contributed by atoms with van der Waals surface area (Å²) in [6.07, 6.45) is -0.114. The second-order valence-electron chi connectivity index (χ2n) is 4.35. The summed E-state index contributed by atoms with van der Waals surface area (Å²) in [7, 11) is 0. The number of H-pyrrole nitrogens is 1. The Morgan fingerprint density at radius 1 is 1.50 bits per heavy atom. The molecule has 0 aliphatic carbocycles. The SMILES string of the molecule is Cc1nc2ccc(-c3n[nH]c(CC(=O)O)c3Br)cc2o1. The van der Waals surface area contributed by atoms with Gasteiger partial charge in [0.2, 0.25) is 0 Å². The first-order valence-corrected chi connectivity index (χ1v) is 6.66. The Morgan fingerprint density at radius 2 is 2.30 bits per heavy atom. The molecule has 102 valence electrons. The number of oxazole rings is 1. The number of aromatic nitrogens is 3. The summed E-state index contributed by atoms with van der Waals surface area (Å²) in [5, 5.41) is 15.7. The molecule has 0 aliphatic rings. The first-order chi connectivity index (χ1) is 9.54. The van der Waals surface area contributed by atoms with Gasteiger partial charge in [0.15, 0.2) is 11.5 Å². The van der Waals surface area contributed by atoms with Gasteiger partial charge >= 0.3 is 5.97 Å². The number of fused-ring (bicyclic) bond motifs is 1. The van der Waals surface area contributed by atoms with Crippen molar-refractivity contribution < 1.29 is 14.3 Å². The molecule has 2 aromatic heterocycles. The molecular formula is C13H10BrN3O3.